The fourth-order valence-corrected chi connectivity index (χ4v) is 8.96. The number of carbonyl (C=O) groups excluding carboxylic acids is 2. The van der Waals surface area contributed by atoms with E-state index in [0.29, 0.717) is 12.0 Å². The van der Waals surface area contributed by atoms with E-state index in [1.807, 2.05) is 66.7 Å². The van der Waals surface area contributed by atoms with E-state index in [4.69, 9.17) is 4.43 Å². The highest BCUT2D eigenvalue weighted by Gasteiger charge is 2.55. The van der Waals surface area contributed by atoms with Crippen molar-refractivity contribution in [1.29, 1.82) is 0 Å². The number of amides is 2. The Morgan fingerprint density at radius 3 is 2.13 bits per heavy atom. The van der Waals surface area contributed by atoms with Crippen LogP contribution in [0.4, 0.5) is 5.69 Å². The molecule has 2 aliphatic heterocycles. The van der Waals surface area contributed by atoms with Gasteiger partial charge in [-0.3, -0.25) is 9.59 Å². The van der Waals surface area contributed by atoms with Crippen molar-refractivity contribution < 1.29 is 18.6 Å². The molecule has 8 heteroatoms. The number of benzene rings is 4. The predicted octanol–water partition coefficient (Wildman–Crippen LogP) is 7.49. The summed E-state index contributed by atoms with van der Waals surface area (Å²) in [5, 5.41) is 3.00. The van der Waals surface area contributed by atoms with Gasteiger partial charge in [-0.15, -0.1) is 0 Å². The summed E-state index contributed by atoms with van der Waals surface area (Å²) in [5.41, 5.74) is 3.16. The number of allylic oxidation sites excluding steroid dienone is 1. The van der Waals surface area contributed by atoms with Crippen molar-refractivity contribution in [2.75, 3.05) is 18.5 Å². The minimum atomic E-state index is -2.12. The van der Waals surface area contributed by atoms with Crippen molar-refractivity contribution >= 4 is 54.0 Å². The van der Waals surface area contributed by atoms with Gasteiger partial charge in [-0.1, -0.05) is 107 Å². The zero-order chi connectivity index (χ0) is 33.2. The van der Waals surface area contributed by atoms with Crippen LogP contribution in [0.15, 0.2) is 120 Å². The Labute approximate surface area is 287 Å². The number of nitrogens with zero attached hydrogens (tertiary/aromatic N) is 2. The van der Waals surface area contributed by atoms with Crippen molar-refractivity contribution in [2.24, 2.45) is 0 Å². The molecule has 0 radical (unpaired) electrons. The number of likely N-dealkylation sites (N-methyl/N-ethyl adjacent to an activating group) is 1. The lowest BCUT2D eigenvalue weighted by Gasteiger charge is -2.42. The smallest absolute Gasteiger partial charge is 0.261 e. The third-order valence-corrected chi connectivity index (χ3v) is 10.7. The average Bonchev–Trinajstić information content (AvgIpc) is 3.63. The van der Waals surface area contributed by atoms with Gasteiger partial charge in [0.2, 0.25) is 6.41 Å². The van der Waals surface area contributed by atoms with Crippen LogP contribution in [0.3, 0.4) is 0 Å². The molecule has 0 bridgehead atoms. The Morgan fingerprint density at radius 2 is 1.53 bits per heavy atom. The Morgan fingerprint density at radius 1 is 0.936 bits per heavy atom. The molecule has 2 aliphatic rings. The Hall–Kier alpha value is -4.11. The van der Waals surface area contributed by atoms with Gasteiger partial charge in [0.05, 0.1) is 0 Å². The molecule has 1 fully saturated rings. The Kier molecular flexibility index (Phi) is 9.20. The molecule has 1 saturated heterocycles. The summed E-state index contributed by atoms with van der Waals surface area (Å²) in [6.45, 7) is 7.56. The third kappa shape index (κ3) is 5.94. The third-order valence-electron chi connectivity index (χ3n) is 9.20. The van der Waals surface area contributed by atoms with Crippen molar-refractivity contribution in [2.45, 2.75) is 49.7 Å². The van der Waals surface area contributed by atoms with Gasteiger partial charge in [-0.05, 0) is 54.5 Å². The van der Waals surface area contributed by atoms with Crippen LogP contribution in [0.1, 0.15) is 35.1 Å². The summed E-state index contributed by atoms with van der Waals surface area (Å²) in [5.74, 6) is -0.212. The summed E-state index contributed by atoms with van der Waals surface area (Å²) in [6, 6.07) is 36.7. The number of nitrogens with one attached hydrogen (secondary N) is 1. The molecular formula is C39H41BrN3O3Si+. The molecule has 0 saturated carbocycles. The molecular weight excluding hydrogens is 666 g/mol. The van der Waals surface area contributed by atoms with Crippen molar-refractivity contribution in [3.8, 4) is 0 Å². The normalized spacial score (nSPS) is 20.8. The van der Waals surface area contributed by atoms with E-state index < -0.39 is 19.5 Å². The number of fused-ring (bicyclic) bond motifs is 1. The standard InChI is InChI=1S/C39H40BrN3O3Si/c1-42-35-19-12-11-18-34(35)38(37(42)45,41-28-44)33(29-21-23-32(40)24-22-29)25-27-43-26-13-20-36(43)39(46-47(2,3)4,30-14-7-5-8-15-30)31-16-9-6-10-17-31/h5-12,14-19,21-25,27-28,36H,13,20,26H2,1-4H3/p+1/b33-25-,43-27?/t36-,38-/m0/s1. The summed E-state index contributed by atoms with van der Waals surface area (Å²) in [4.78, 5) is 28.3. The zero-order valence-corrected chi connectivity index (χ0v) is 29.9. The van der Waals surface area contributed by atoms with Crippen LogP contribution in [-0.2, 0) is 25.2 Å². The number of carbonyl (C=O) groups is 2. The molecule has 4 aromatic carbocycles. The first-order valence-electron chi connectivity index (χ1n) is 16.1. The van der Waals surface area contributed by atoms with E-state index in [-0.39, 0.29) is 11.9 Å². The molecule has 1 N–H and O–H groups in total. The molecule has 47 heavy (non-hydrogen) atoms. The quantitative estimate of drug-likeness (QED) is 0.106. The number of hydrogen-bond acceptors (Lipinski definition) is 3. The summed E-state index contributed by atoms with van der Waals surface area (Å²) in [6.07, 6.45) is 6.69. The minimum Gasteiger partial charge on any atom is -0.399 e. The lowest BCUT2D eigenvalue weighted by atomic mass is 9.79. The van der Waals surface area contributed by atoms with Crippen LogP contribution in [0.25, 0.3) is 5.57 Å². The van der Waals surface area contributed by atoms with Crippen LogP contribution in [-0.4, -0.2) is 51.1 Å². The first-order chi connectivity index (χ1) is 22.6. The molecule has 6 nitrogen and oxygen atoms in total. The second-order valence-corrected chi connectivity index (χ2v) is 18.6. The van der Waals surface area contributed by atoms with Crippen molar-refractivity contribution in [1.82, 2.24) is 5.32 Å². The number of anilines is 1. The number of hydrogen-bond donors (Lipinski definition) is 1. The van der Waals surface area contributed by atoms with E-state index >= 15 is 0 Å². The van der Waals surface area contributed by atoms with Crippen LogP contribution >= 0.6 is 15.9 Å². The highest BCUT2D eigenvalue weighted by Crippen LogP contribution is 2.48. The summed E-state index contributed by atoms with van der Waals surface area (Å²) >= 11 is 3.57. The lowest BCUT2D eigenvalue weighted by Crippen LogP contribution is -2.52. The molecule has 2 atom stereocenters. The van der Waals surface area contributed by atoms with E-state index in [9.17, 15) is 9.59 Å². The van der Waals surface area contributed by atoms with Crippen LogP contribution in [0.5, 0.6) is 0 Å². The van der Waals surface area contributed by atoms with Gasteiger partial charge < -0.3 is 14.6 Å². The zero-order valence-electron chi connectivity index (χ0n) is 27.3. The SMILES string of the molecule is CN1C(=O)[C@](NC=O)(/C(=C\C=[N+]2CCC[C@H]2C(O[Si](C)(C)C)(c2ccccc2)c2ccccc2)c2ccc(Br)cc2)c2ccccc21. The van der Waals surface area contributed by atoms with Crippen LogP contribution < -0.4 is 10.2 Å². The number of rotatable bonds is 10. The molecule has 0 unspecified atom stereocenters. The van der Waals surface area contributed by atoms with Crippen molar-refractivity contribution in [3.63, 3.8) is 0 Å². The van der Waals surface area contributed by atoms with Gasteiger partial charge in [-0.2, -0.15) is 0 Å². The molecule has 2 amide bonds. The van der Waals surface area contributed by atoms with Gasteiger partial charge in [0.15, 0.2) is 31.7 Å². The largest absolute Gasteiger partial charge is 0.399 e. The summed E-state index contributed by atoms with van der Waals surface area (Å²) < 4.78 is 10.7. The molecule has 6 rings (SSSR count). The van der Waals surface area contributed by atoms with E-state index in [1.54, 1.807) is 11.9 Å². The molecule has 240 valence electrons. The van der Waals surface area contributed by atoms with Gasteiger partial charge in [0.1, 0.15) is 6.54 Å². The second kappa shape index (κ2) is 13.2. The topological polar surface area (TPSA) is 61.7 Å². The second-order valence-electron chi connectivity index (χ2n) is 13.2. The van der Waals surface area contributed by atoms with Crippen molar-refractivity contribution in [3.05, 3.63) is 142 Å². The maximum atomic E-state index is 14.3. The van der Waals surface area contributed by atoms with Crippen LogP contribution in [0.2, 0.25) is 19.6 Å². The van der Waals surface area contributed by atoms with Crippen LogP contribution in [0, 0.1) is 0 Å². The van der Waals surface area contributed by atoms with E-state index in [0.717, 1.165) is 51.8 Å². The molecule has 4 aromatic rings. The van der Waals surface area contributed by atoms with E-state index in [2.05, 4.69) is 100 Å². The van der Waals surface area contributed by atoms with Gasteiger partial charge in [-0.25, -0.2) is 4.58 Å². The van der Waals surface area contributed by atoms with Gasteiger partial charge in [0, 0.05) is 47.3 Å². The molecule has 0 aromatic heterocycles. The average molecular weight is 708 g/mol. The Bertz CT molecular complexity index is 1780. The number of halogens is 1. The maximum Gasteiger partial charge on any atom is 0.261 e. The van der Waals surface area contributed by atoms with Gasteiger partial charge in [0.25, 0.3) is 5.91 Å². The van der Waals surface area contributed by atoms with E-state index in [1.165, 1.54) is 0 Å². The molecule has 0 aliphatic carbocycles. The highest BCUT2D eigenvalue weighted by atomic mass is 79.9. The first kappa shape index (κ1) is 32.8. The fourth-order valence-electron chi connectivity index (χ4n) is 7.36. The summed E-state index contributed by atoms with van der Waals surface area (Å²) in [7, 11) is -0.357. The highest BCUT2D eigenvalue weighted by molar-refractivity contribution is 9.10. The molecule has 0 spiro atoms. The predicted molar refractivity (Wildman–Crippen MR) is 195 cm³/mol. The van der Waals surface area contributed by atoms with Gasteiger partial charge >= 0.3 is 0 Å². The first-order valence-corrected chi connectivity index (χ1v) is 20.3. The Balaban J connectivity index is 1.59. The molecule has 2 heterocycles. The fraction of sp³-hybridized carbons (Fsp3) is 0.256. The number of para-hydroxylation sites is 1. The maximum absolute atomic E-state index is 14.3. The monoisotopic (exact) mass is 706 g/mol. The lowest BCUT2D eigenvalue weighted by molar-refractivity contribution is -0.557. The minimum absolute atomic E-state index is 0.0225.